The average Bonchev–Trinajstić information content (AvgIpc) is 2.62. The molecule has 0 bridgehead atoms. The van der Waals surface area contributed by atoms with Crippen LogP contribution in [0.5, 0.6) is 0 Å². The Morgan fingerprint density at radius 3 is 1.60 bits per heavy atom. The van der Waals surface area contributed by atoms with Crippen molar-refractivity contribution in [2.75, 3.05) is 45.8 Å². The number of primary amides is 1. The lowest BCUT2D eigenvalue weighted by atomic mass is 9.96. The normalized spacial score (nSPS) is 15.7. The number of carbonyl (C=O) groups excluding carboxylic acids is 10. The van der Waals surface area contributed by atoms with E-state index in [0.717, 1.165) is 0 Å². The van der Waals surface area contributed by atoms with E-state index in [2.05, 4.69) is 57.5 Å². The summed E-state index contributed by atoms with van der Waals surface area (Å²) in [5.41, 5.74) is 56.7. The first kappa shape index (κ1) is 74.2. The molecule has 87 heavy (non-hydrogen) atoms. The molecule has 1 heterocycles. The topological polar surface area (TPSA) is 605 Å². The molecule has 0 aliphatic carbocycles. The SMILES string of the molecule is CC[C@H](C)[C@H](NC(=O)[C@H](CCCN=C(N)N)NC(=O)[C@H](CCCN=C(N)N)NC(=O)[C@H](CN)NC(=O)[C@H](Cc1ccccc1)NC(=O)CNC(=O)[C@H](N)CC(=O)O)C(=O)N[C@@H](CCCN=C(N)N)C(=O)N1CCC[C@H]1C(=O)N[C@@H](CCCCN)C(N)=O. The Labute approximate surface area is 504 Å². The van der Waals surface area contributed by atoms with E-state index in [1.807, 2.05) is 0 Å². The molecule has 34 nitrogen and oxygen atoms in total. The zero-order chi connectivity index (χ0) is 65.2. The van der Waals surface area contributed by atoms with Crippen molar-refractivity contribution < 1.29 is 57.8 Å². The number of aliphatic carboxylic acids is 1. The zero-order valence-corrected chi connectivity index (χ0v) is 49.5. The lowest BCUT2D eigenvalue weighted by molar-refractivity contribution is -0.142. The number of carbonyl (C=O) groups is 11. The third kappa shape index (κ3) is 28.2. The fourth-order valence-electron chi connectivity index (χ4n) is 9.00. The fraction of sp³-hybridized carbons (Fsp3) is 0.623. The second-order valence-electron chi connectivity index (χ2n) is 20.9. The molecule has 10 amide bonds. The standard InChI is InChI=1S/C53H92N22O12/c1-3-29(2)41(49(86)72-35(18-11-23-66-53(62)63)50(87)75-24-12-19-38(75)48(85)69-32(42(57)79)15-7-8-20-54)74-45(82)34(17-10-22-65-52(60)61)70-44(81)33(16-9-21-64-51(58)59)71-47(84)37(27-55)73-46(83)36(25-30-13-5-4-6-14-30)68-39(76)28-67-43(80)31(56)26-40(77)78/h4-6,13-14,29,31-38,41H,3,7-12,15-28,54-56H2,1-2H3,(H2,57,79)(H,67,80)(H,68,76)(H,69,85)(H,70,81)(H,71,84)(H,72,86)(H,73,83)(H,74,82)(H,77,78)(H4,58,59,64)(H4,60,61,65)(H4,62,63,66)/t29-,31+,32-,33-,34-,35-,36-,37-,38-,41-/m0/s1. The van der Waals surface area contributed by atoms with Gasteiger partial charge in [0.05, 0.1) is 19.0 Å². The number of nitrogens with one attached hydrogen (secondary N) is 8. The molecular formula is C53H92N22O12. The Kier molecular flexibility index (Phi) is 33.8. The van der Waals surface area contributed by atoms with Crippen LogP contribution in [0, 0.1) is 5.92 Å². The van der Waals surface area contributed by atoms with E-state index in [1.54, 1.807) is 44.2 Å². The first-order valence-electron chi connectivity index (χ1n) is 28.8. The summed E-state index contributed by atoms with van der Waals surface area (Å²) < 4.78 is 0. The number of amides is 10. The molecule has 10 atom stereocenters. The Bertz CT molecular complexity index is 2550. The van der Waals surface area contributed by atoms with Gasteiger partial charge < -0.3 is 110 Å². The van der Waals surface area contributed by atoms with Crippen molar-refractivity contribution in [1.82, 2.24) is 47.4 Å². The van der Waals surface area contributed by atoms with Crippen molar-refractivity contribution in [2.45, 2.75) is 158 Å². The van der Waals surface area contributed by atoms with Gasteiger partial charge in [0.2, 0.25) is 59.1 Å². The lowest BCUT2D eigenvalue weighted by Gasteiger charge is -2.32. The second kappa shape index (κ2) is 39.6. The van der Waals surface area contributed by atoms with Crippen LogP contribution >= 0.6 is 0 Å². The highest BCUT2D eigenvalue weighted by Crippen LogP contribution is 2.21. The number of unbranched alkanes of at least 4 members (excludes halogenated alkanes) is 1. The molecule has 1 aromatic carbocycles. The first-order chi connectivity index (χ1) is 41.2. The fourth-order valence-corrected chi connectivity index (χ4v) is 9.00. The van der Waals surface area contributed by atoms with Crippen LogP contribution in [0.1, 0.15) is 103 Å². The van der Waals surface area contributed by atoms with Gasteiger partial charge in [0.15, 0.2) is 17.9 Å². The third-order valence-electron chi connectivity index (χ3n) is 13.9. The number of benzene rings is 1. The molecule has 0 spiro atoms. The van der Waals surface area contributed by atoms with Gasteiger partial charge in [-0.05, 0) is 88.7 Å². The van der Waals surface area contributed by atoms with Crippen LogP contribution < -0.4 is 99.9 Å². The van der Waals surface area contributed by atoms with Crippen LogP contribution in [-0.2, 0) is 59.2 Å². The predicted molar refractivity (Wildman–Crippen MR) is 322 cm³/mol. The summed E-state index contributed by atoms with van der Waals surface area (Å²) in [7, 11) is 0. The van der Waals surface area contributed by atoms with E-state index in [-0.39, 0.29) is 102 Å². The monoisotopic (exact) mass is 1230 g/mol. The summed E-state index contributed by atoms with van der Waals surface area (Å²) in [5, 5.41) is 29.6. The quantitative estimate of drug-likeness (QED) is 0.0164. The molecule has 1 fully saturated rings. The van der Waals surface area contributed by atoms with E-state index >= 15 is 0 Å². The van der Waals surface area contributed by atoms with Crippen molar-refractivity contribution in [3.8, 4) is 0 Å². The van der Waals surface area contributed by atoms with Crippen LogP contribution in [0.15, 0.2) is 45.3 Å². The molecule has 486 valence electrons. The number of aliphatic imine (C=N–C) groups is 3. The number of guanidine groups is 3. The van der Waals surface area contributed by atoms with Gasteiger partial charge in [-0.15, -0.1) is 0 Å². The van der Waals surface area contributed by atoms with Gasteiger partial charge in [-0.1, -0.05) is 50.6 Å². The number of hydrogen-bond acceptors (Lipinski definition) is 17. The van der Waals surface area contributed by atoms with Crippen LogP contribution in [-0.4, -0.2) is 193 Å². The van der Waals surface area contributed by atoms with Crippen molar-refractivity contribution in [3.63, 3.8) is 0 Å². The van der Waals surface area contributed by atoms with E-state index in [0.29, 0.717) is 37.8 Å². The summed E-state index contributed by atoms with van der Waals surface area (Å²) in [4.78, 5) is 162. The first-order valence-corrected chi connectivity index (χ1v) is 28.8. The zero-order valence-electron chi connectivity index (χ0n) is 49.5. The Balaban J connectivity index is 2.50. The maximum atomic E-state index is 14.6. The molecule has 0 radical (unpaired) electrons. The van der Waals surface area contributed by atoms with E-state index in [1.165, 1.54) is 4.90 Å². The molecular weight excluding hydrogens is 1140 g/mol. The molecule has 1 saturated heterocycles. The highest BCUT2D eigenvalue weighted by atomic mass is 16.4. The van der Waals surface area contributed by atoms with Crippen LogP contribution in [0.4, 0.5) is 0 Å². The number of nitrogens with two attached hydrogens (primary N) is 10. The number of carboxylic acids is 1. The summed E-state index contributed by atoms with van der Waals surface area (Å²) in [6, 6.07) is -3.61. The Morgan fingerprint density at radius 1 is 0.598 bits per heavy atom. The van der Waals surface area contributed by atoms with Crippen molar-refractivity contribution in [3.05, 3.63) is 35.9 Å². The van der Waals surface area contributed by atoms with Gasteiger partial charge in [0.1, 0.15) is 48.3 Å². The third-order valence-corrected chi connectivity index (χ3v) is 13.9. The largest absolute Gasteiger partial charge is 0.481 e. The Morgan fingerprint density at radius 2 is 1.09 bits per heavy atom. The molecule has 1 aromatic rings. The number of rotatable bonds is 41. The molecule has 0 aromatic heterocycles. The van der Waals surface area contributed by atoms with E-state index < -0.39 is 145 Å². The van der Waals surface area contributed by atoms with Gasteiger partial charge in [0.25, 0.3) is 0 Å². The second-order valence-corrected chi connectivity index (χ2v) is 20.9. The molecule has 2 rings (SSSR count). The average molecular weight is 1230 g/mol. The van der Waals surface area contributed by atoms with Crippen LogP contribution in [0.25, 0.3) is 0 Å². The van der Waals surface area contributed by atoms with Crippen molar-refractivity contribution in [1.29, 1.82) is 0 Å². The predicted octanol–water partition coefficient (Wildman–Crippen LogP) is -7.69. The maximum Gasteiger partial charge on any atom is 0.305 e. The van der Waals surface area contributed by atoms with Crippen molar-refractivity contribution in [2.24, 2.45) is 78.2 Å². The summed E-state index contributed by atoms with van der Waals surface area (Å²) in [6.07, 6.45) is 1.49. The highest BCUT2D eigenvalue weighted by molar-refractivity contribution is 5.99. The lowest BCUT2D eigenvalue weighted by Crippen LogP contribution is -2.61. The smallest absolute Gasteiger partial charge is 0.305 e. The summed E-state index contributed by atoms with van der Waals surface area (Å²) in [6.45, 7) is 2.72. The van der Waals surface area contributed by atoms with E-state index in [9.17, 15) is 52.7 Å². The maximum absolute atomic E-state index is 14.6. The number of carboxylic acid groups (broad SMARTS) is 1. The van der Waals surface area contributed by atoms with Crippen LogP contribution in [0.3, 0.4) is 0 Å². The molecule has 1 aliphatic rings. The van der Waals surface area contributed by atoms with Crippen LogP contribution in [0.2, 0.25) is 0 Å². The minimum atomic E-state index is -1.55. The van der Waals surface area contributed by atoms with Gasteiger partial charge in [-0.25, -0.2) is 0 Å². The van der Waals surface area contributed by atoms with E-state index in [4.69, 9.17) is 62.4 Å². The molecule has 0 saturated carbocycles. The van der Waals surface area contributed by atoms with Gasteiger partial charge in [-0.2, -0.15) is 0 Å². The Hall–Kier alpha value is -8.92. The van der Waals surface area contributed by atoms with Gasteiger partial charge >= 0.3 is 5.97 Å². The minimum absolute atomic E-state index is 0.00817. The van der Waals surface area contributed by atoms with Crippen molar-refractivity contribution >= 4 is 82.9 Å². The highest BCUT2D eigenvalue weighted by Gasteiger charge is 2.40. The number of hydrogen-bond donors (Lipinski definition) is 19. The summed E-state index contributed by atoms with van der Waals surface area (Å²) in [5.74, 6) is -11.0. The number of likely N-dealkylation sites (tertiary alicyclic amines) is 1. The van der Waals surface area contributed by atoms with Gasteiger partial charge in [-0.3, -0.25) is 67.7 Å². The van der Waals surface area contributed by atoms with Gasteiger partial charge in [0, 0.05) is 39.1 Å². The molecule has 29 N–H and O–H groups in total. The number of nitrogens with zero attached hydrogens (tertiary/aromatic N) is 4. The molecule has 34 heteroatoms. The molecule has 1 aliphatic heterocycles. The molecule has 0 unspecified atom stereocenters. The minimum Gasteiger partial charge on any atom is -0.481 e. The summed E-state index contributed by atoms with van der Waals surface area (Å²) >= 11 is 0.